The lowest BCUT2D eigenvalue weighted by Crippen LogP contribution is -2.32. The van der Waals surface area contributed by atoms with Crippen LogP contribution in [0.3, 0.4) is 0 Å². The van der Waals surface area contributed by atoms with Gasteiger partial charge in [-0.15, -0.1) is 11.3 Å². The highest BCUT2D eigenvalue weighted by atomic mass is 32.2. The van der Waals surface area contributed by atoms with Crippen molar-refractivity contribution in [3.8, 4) is 0 Å². The molecule has 1 fully saturated rings. The molecule has 1 atom stereocenters. The maximum absolute atomic E-state index is 12.8. The van der Waals surface area contributed by atoms with E-state index in [2.05, 4.69) is 29.2 Å². The van der Waals surface area contributed by atoms with Crippen LogP contribution in [0.5, 0.6) is 0 Å². The van der Waals surface area contributed by atoms with Gasteiger partial charge in [0.05, 0.1) is 10.2 Å². The molecule has 0 unspecified atom stereocenters. The molecule has 2 heterocycles. The number of thiazole rings is 1. The minimum atomic E-state index is 0.0745. The number of thioether (sulfide) groups is 1. The molecular weight excluding hydrogens is 336 g/mol. The number of aromatic nitrogens is 1. The Kier molecular flexibility index (Phi) is 4.54. The molecule has 3 nitrogen and oxygen atoms in total. The van der Waals surface area contributed by atoms with E-state index in [1.54, 1.807) is 0 Å². The van der Waals surface area contributed by atoms with Crippen molar-refractivity contribution in [1.29, 1.82) is 0 Å². The third-order valence-electron chi connectivity index (χ3n) is 4.28. The second-order valence-electron chi connectivity index (χ2n) is 5.84. The van der Waals surface area contributed by atoms with Gasteiger partial charge in [0, 0.05) is 24.1 Å². The van der Waals surface area contributed by atoms with E-state index in [0.29, 0.717) is 10.3 Å². The summed E-state index contributed by atoms with van der Waals surface area (Å²) in [6, 6.07) is 18.5. The number of nitrogens with zero attached hydrogens (tertiary/aromatic N) is 2. The van der Waals surface area contributed by atoms with Crippen molar-refractivity contribution in [2.45, 2.75) is 11.7 Å². The van der Waals surface area contributed by atoms with Crippen molar-refractivity contribution >= 4 is 39.2 Å². The Morgan fingerprint density at radius 2 is 1.83 bits per heavy atom. The predicted octanol–water partition coefficient (Wildman–Crippen LogP) is 4.62. The first-order chi connectivity index (χ1) is 11.8. The molecule has 0 radical (unpaired) electrons. The molecule has 1 amide bonds. The minimum Gasteiger partial charge on any atom is -0.336 e. The van der Waals surface area contributed by atoms with Crippen LogP contribution in [-0.4, -0.2) is 34.6 Å². The number of hydrogen-bond donors (Lipinski definition) is 0. The van der Waals surface area contributed by atoms with E-state index in [9.17, 15) is 4.79 Å². The van der Waals surface area contributed by atoms with Crippen molar-refractivity contribution < 1.29 is 4.79 Å². The fourth-order valence-electron chi connectivity index (χ4n) is 3.01. The van der Waals surface area contributed by atoms with Crippen LogP contribution < -0.4 is 0 Å². The summed E-state index contributed by atoms with van der Waals surface area (Å²) in [6.45, 7) is 1.59. The molecule has 0 N–H and O–H groups in total. The second kappa shape index (κ2) is 6.95. The van der Waals surface area contributed by atoms with Gasteiger partial charge in [-0.2, -0.15) is 11.8 Å². The number of fused-ring (bicyclic) bond motifs is 1. The molecule has 2 aromatic carbocycles. The first-order valence-corrected chi connectivity index (χ1v) is 9.99. The Hall–Kier alpha value is -1.85. The minimum absolute atomic E-state index is 0.0745. The van der Waals surface area contributed by atoms with Crippen LogP contribution in [-0.2, 0) is 0 Å². The zero-order valence-corrected chi connectivity index (χ0v) is 14.9. The lowest BCUT2D eigenvalue weighted by Gasteiger charge is -2.19. The monoisotopic (exact) mass is 354 g/mol. The maximum Gasteiger partial charge on any atom is 0.282 e. The van der Waals surface area contributed by atoms with Gasteiger partial charge < -0.3 is 4.90 Å². The average molecular weight is 355 g/mol. The van der Waals surface area contributed by atoms with Gasteiger partial charge in [-0.25, -0.2) is 4.98 Å². The Balaban J connectivity index is 1.49. The predicted molar refractivity (Wildman–Crippen MR) is 102 cm³/mol. The summed E-state index contributed by atoms with van der Waals surface area (Å²) >= 11 is 3.44. The average Bonchev–Trinajstić information content (AvgIpc) is 2.91. The molecule has 4 rings (SSSR count). The molecule has 1 saturated heterocycles. The molecule has 1 aliphatic heterocycles. The van der Waals surface area contributed by atoms with E-state index in [1.165, 1.54) is 16.9 Å². The summed E-state index contributed by atoms with van der Waals surface area (Å²) in [4.78, 5) is 19.3. The van der Waals surface area contributed by atoms with Gasteiger partial charge in [-0.05, 0) is 24.1 Å². The van der Waals surface area contributed by atoms with Crippen LogP contribution in [0.25, 0.3) is 10.2 Å². The second-order valence-corrected chi connectivity index (χ2v) is 8.18. The number of benzene rings is 2. The van der Waals surface area contributed by atoms with Crippen LogP contribution >= 0.6 is 23.1 Å². The normalized spacial score (nSPS) is 18.5. The molecule has 24 heavy (non-hydrogen) atoms. The fraction of sp³-hybridized carbons (Fsp3) is 0.263. The van der Waals surface area contributed by atoms with Crippen LogP contribution in [0, 0.1) is 0 Å². The van der Waals surface area contributed by atoms with Crippen molar-refractivity contribution in [2.75, 3.05) is 18.8 Å². The van der Waals surface area contributed by atoms with Crippen molar-refractivity contribution in [1.82, 2.24) is 9.88 Å². The largest absolute Gasteiger partial charge is 0.336 e. The Morgan fingerprint density at radius 3 is 2.67 bits per heavy atom. The first-order valence-electron chi connectivity index (χ1n) is 8.12. The van der Waals surface area contributed by atoms with Gasteiger partial charge in [0.25, 0.3) is 5.91 Å². The topological polar surface area (TPSA) is 33.2 Å². The number of carbonyl (C=O) groups is 1. The highest BCUT2D eigenvalue weighted by Crippen LogP contribution is 2.34. The van der Waals surface area contributed by atoms with Crippen LogP contribution in [0.1, 0.15) is 27.0 Å². The Bertz CT molecular complexity index is 814. The van der Waals surface area contributed by atoms with Crippen LogP contribution in [0.15, 0.2) is 54.6 Å². The van der Waals surface area contributed by atoms with Gasteiger partial charge >= 0.3 is 0 Å². The number of rotatable bonds is 2. The van der Waals surface area contributed by atoms with Gasteiger partial charge in [0.15, 0.2) is 5.01 Å². The standard InChI is InChI=1S/C19H18N2OS2/c22-19(18-20-15-8-4-5-9-17(15)24-18)21-11-10-16(23-13-12-21)14-6-2-1-3-7-14/h1-9,16H,10-13H2/t16-/m1/s1. The highest BCUT2D eigenvalue weighted by molar-refractivity contribution is 7.99. The van der Waals surface area contributed by atoms with E-state index in [-0.39, 0.29) is 5.91 Å². The number of carbonyl (C=O) groups excluding carboxylic acids is 1. The third kappa shape index (κ3) is 3.19. The molecular formula is C19H18N2OS2. The molecule has 1 aromatic heterocycles. The van der Waals surface area contributed by atoms with Crippen molar-refractivity contribution in [3.63, 3.8) is 0 Å². The zero-order valence-electron chi connectivity index (χ0n) is 13.2. The Morgan fingerprint density at radius 1 is 1.04 bits per heavy atom. The zero-order chi connectivity index (χ0) is 16.4. The Labute approximate surface area is 149 Å². The van der Waals surface area contributed by atoms with Crippen molar-refractivity contribution in [2.24, 2.45) is 0 Å². The van der Waals surface area contributed by atoms with Gasteiger partial charge in [-0.3, -0.25) is 4.79 Å². The van der Waals surface area contributed by atoms with Crippen LogP contribution in [0.4, 0.5) is 0 Å². The lowest BCUT2D eigenvalue weighted by atomic mass is 10.1. The summed E-state index contributed by atoms with van der Waals surface area (Å²) in [6.07, 6.45) is 0.991. The molecule has 1 aliphatic rings. The SMILES string of the molecule is O=C(c1nc2ccccc2s1)N1CCS[C@@H](c2ccccc2)CC1. The summed E-state index contributed by atoms with van der Waals surface area (Å²) in [5.41, 5.74) is 2.27. The van der Waals surface area contributed by atoms with E-state index in [1.807, 2.05) is 47.0 Å². The number of amides is 1. The molecule has 0 bridgehead atoms. The third-order valence-corrected chi connectivity index (χ3v) is 6.63. The summed E-state index contributed by atoms with van der Waals surface area (Å²) < 4.78 is 1.08. The maximum atomic E-state index is 12.8. The molecule has 3 aromatic rings. The van der Waals surface area contributed by atoms with Gasteiger partial charge in [-0.1, -0.05) is 42.5 Å². The van der Waals surface area contributed by atoms with Gasteiger partial charge in [0.1, 0.15) is 0 Å². The summed E-state index contributed by atoms with van der Waals surface area (Å²) in [5, 5.41) is 1.08. The summed E-state index contributed by atoms with van der Waals surface area (Å²) in [5.74, 6) is 1.04. The van der Waals surface area contributed by atoms with E-state index >= 15 is 0 Å². The fourth-order valence-corrected chi connectivity index (χ4v) is 5.17. The number of hydrogen-bond acceptors (Lipinski definition) is 4. The van der Waals surface area contributed by atoms with Gasteiger partial charge in [0.2, 0.25) is 0 Å². The van der Waals surface area contributed by atoms with E-state index in [4.69, 9.17) is 0 Å². The van der Waals surface area contributed by atoms with E-state index in [0.717, 1.165) is 35.5 Å². The number of para-hydroxylation sites is 1. The van der Waals surface area contributed by atoms with Crippen LogP contribution in [0.2, 0.25) is 0 Å². The van der Waals surface area contributed by atoms with E-state index < -0.39 is 0 Å². The molecule has 5 heteroatoms. The molecule has 0 spiro atoms. The highest BCUT2D eigenvalue weighted by Gasteiger charge is 2.24. The first kappa shape index (κ1) is 15.7. The molecule has 0 aliphatic carbocycles. The van der Waals surface area contributed by atoms with Crippen molar-refractivity contribution in [3.05, 3.63) is 65.2 Å². The smallest absolute Gasteiger partial charge is 0.282 e. The molecule has 122 valence electrons. The molecule has 0 saturated carbocycles. The quantitative estimate of drug-likeness (QED) is 0.673. The lowest BCUT2D eigenvalue weighted by molar-refractivity contribution is 0.0766. The summed E-state index contributed by atoms with van der Waals surface area (Å²) in [7, 11) is 0.